The minimum absolute atomic E-state index is 0.128. The van der Waals surface area contributed by atoms with Gasteiger partial charge < -0.3 is 19.7 Å². The number of benzene rings is 1. The fourth-order valence-electron chi connectivity index (χ4n) is 4.32. The van der Waals surface area contributed by atoms with Crippen molar-refractivity contribution in [2.45, 2.75) is 51.1 Å². The van der Waals surface area contributed by atoms with Gasteiger partial charge in [0.15, 0.2) is 11.5 Å². The standard InChI is InChI=1S/C21H27N3O5/c1-13-4-7-15(8-5-13)23(3)18(25)11-24-19(26)21(2,22-20(24)27)14-6-9-16-17(10-14)29-12-28-16/h6,9-10,13,15H,4-5,7-8,11-12H2,1-3H3,(H,22,27)/t13?,15?,21-/m1/s1. The number of likely N-dealkylation sites (N-methyl/N-ethyl adjacent to an activating group) is 1. The van der Waals surface area contributed by atoms with Crippen molar-refractivity contribution in [3.8, 4) is 11.5 Å². The fourth-order valence-corrected chi connectivity index (χ4v) is 4.32. The summed E-state index contributed by atoms with van der Waals surface area (Å²) >= 11 is 0. The Bertz CT molecular complexity index is 849. The van der Waals surface area contributed by atoms with Gasteiger partial charge in [0.2, 0.25) is 12.7 Å². The van der Waals surface area contributed by atoms with Gasteiger partial charge in [-0.3, -0.25) is 14.5 Å². The number of ether oxygens (including phenoxy) is 2. The van der Waals surface area contributed by atoms with Crippen molar-refractivity contribution >= 4 is 17.8 Å². The van der Waals surface area contributed by atoms with Gasteiger partial charge in [-0.1, -0.05) is 13.0 Å². The normalized spacial score (nSPS) is 28.4. The molecule has 0 unspecified atom stereocenters. The number of nitrogens with zero attached hydrogens (tertiary/aromatic N) is 2. The second-order valence-corrected chi connectivity index (χ2v) is 8.43. The number of hydrogen-bond donors (Lipinski definition) is 1. The van der Waals surface area contributed by atoms with E-state index in [1.807, 2.05) is 0 Å². The molecule has 1 aromatic carbocycles. The Hall–Kier alpha value is -2.77. The lowest BCUT2D eigenvalue weighted by Gasteiger charge is -2.34. The lowest BCUT2D eigenvalue weighted by Crippen LogP contribution is -2.47. The lowest BCUT2D eigenvalue weighted by atomic mass is 9.87. The molecule has 4 rings (SSSR count). The van der Waals surface area contributed by atoms with Crippen LogP contribution in [0, 0.1) is 5.92 Å². The van der Waals surface area contributed by atoms with Gasteiger partial charge in [-0.15, -0.1) is 0 Å². The molecule has 0 radical (unpaired) electrons. The molecule has 8 nitrogen and oxygen atoms in total. The Morgan fingerprint density at radius 2 is 1.90 bits per heavy atom. The number of rotatable bonds is 4. The van der Waals surface area contributed by atoms with Crippen molar-refractivity contribution in [1.29, 1.82) is 0 Å². The summed E-state index contributed by atoms with van der Waals surface area (Å²) in [5, 5.41) is 2.74. The monoisotopic (exact) mass is 401 g/mol. The van der Waals surface area contributed by atoms with Gasteiger partial charge in [0.1, 0.15) is 12.1 Å². The molecule has 0 bridgehead atoms. The second-order valence-electron chi connectivity index (χ2n) is 8.43. The fraction of sp³-hybridized carbons (Fsp3) is 0.571. The predicted molar refractivity (Wildman–Crippen MR) is 104 cm³/mol. The first-order valence-corrected chi connectivity index (χ1v) is 10.1. The van der Waals surface area contributed by atoms with Crippen LogP contribution in [0.4, 0.5) is 4.79 Å². The van der Waals surface area contributed by atoms with Crippen molar-refractivity contribution < 1.29 is 23.9 Å². The van der Waals surface area contributed by atoms with Gasteiger partial charge in [-0.25, -0.2) is 4.79 Å². The highest BCUT2D eigenvalue weighted by atomic mass is 16.7. The number of urea groups is 1. The van der Waals surface area contributed by atoms with Crippen molar-refractivity contribution in [3.63, 3.8) is 0 Å². The predicted octanol–water partition coefficient (Wildman–Crippen LogP) is 2.22. The molecule has 2 fully saturated rings. The van der Waals surface area contributed by atoms with Crippen LogP contribution in [0.1, 0.15) is 45.1 Å². The smallest absolute Gasteiger partial charge is 0.325 e. The first-order valence-electron chi connectivity index (χ1n) is 10.1. The number of carbonyl (C=O) groups is 3. The Balaban J connectivity index is 1.47. The zero-order valence-corrected chi connectivity index (χ0v) is 17.1. The molecule has 1 atom stereocenters. The summed E-state index contributed by atoms with van der Waals surface area (Å²) in [4.78, 5) is 41.2. The molecule has 1 saturated carbocycles. The topological polar surface area (TPSA) is 88.2 Å². The zero-order valence-electron chi connectivity index (χ0n) is 17.1. The van der Waals surface area contributed by atoms with Crippen LogP contribution < -0.4 is 14.8 Å². The van der Waals surface area contributed by atoms with E-state index in [0.29, 0.717) is 23.0 Å². The first kappa shape index (κ1) is 19.5. The molecule has 3 aliphatic rings. The van der Waals surface area contributed by atoms with Gasteiger partial charge in [-0.2, -0.15) is 0 Å². The third kappa shape index (κ3) is 3.41. The number of carbonyl (C=O) groups excluding carboxylic acids is 3. The highest BCUT2D eigenvalue weighted by Crippen LogP contribution is 2.38. The first-order chi connectivity index (χ1) is 13.8. The van der Waals surface area contributed by atoms with Crippen LogP contribution in [0.5, 0.6) is 11.5 Å². The maximum Gasteiger partial charge on any atom is 0.325 e. The average molecular weight is 401 g/mol. The van der Waals surface area contributed by atoms with E-state index in [1.54, 1.807) is 37.1 Å². The van der Waals surface area contributed by atoms with Crippen LogP contribution >= 0.6 is 0 Å². The van der Waals surface area contributed by atoms with E-state index in [9.17, 15) is 14.4 Å². The minimum atomic E-state index is -1.25. The van der Waals surface area contributed by atoms with Crippen LogP contribution in [-0.4, -0.2) is 54.1 Å². The number of nitrogens with one attached hydrogen (secondary N) is 1. The highest BCUT2D eigenvalue weighted by Gasteiger charge is 2.50. The third-order valence-electron chi connectivity index (χ3n) is 6.44. The maximum absolute atomic E-state index is 13.1. The van der Waals surface area contributed by atoms with Gasteiger partial charge in [0, 0.05) is 13.1 Å². The molecule has 1 aromatic rings. The number of amides is 4. The summed E-state index contributed by atoms with van der Waals surface area (Å²) in [6.07, 6.45) is 4.10. The lowest BCUT2D eigenvalue weighted by molar-refractivity contribution is -0.139. The molecule has 8 heteroatoms. The molecule has 0 spiro atoms. The van der Waals surface area contributed by atoms with E-state index in [1.165, 1.54) is 0 Å². The van der Waals surface area contributed by atoms with Crippen molar-refractivity contribution in [2.75, 3.05) is 20.4 Å². The van der Waals surface area contributed by atoms with Gasteiger partial charge in [-0.05, 0) is 56.2 Å². The molecule has 1 N–H and O–H groups in total. The van der Waals surface area contributed by atoms with Crippen LogP contribution in [0.3, 0.4) is 0 Å². The van der Waals surface area contributed by atoms with Gasteiger partial charge in [0.25, 0.3) is 5.91 Å². The molecule has 4 amide bonds. The number of imide groups is 1. The molecule has 1 saturated heterocycles. The summed E-state index contributed by atoms with van der Waals surface area (Å²) in [6, 6.07) is 4.75. The Morgan fingerprint density at radius 1 is 1.21 bits per heavy atom. The summed E-state index contributed by atoms with van der Waals surface area (Å²) in [5.41, 5.74) is -0.665. The molecule has 1 aliphatic carbocycles. The molecule has 29 heavy (non-hydrogen) atoms. The SMILES string of the molecule is CC1CCC(N(C)C(=O)CN2C(=O)N[C@](C)(c3ccc4c(c3)OCO4)C2=O)CC1. The van der Waals surface area contributed by atoms with Crippen molar-refractivity contribution in [2.24, 2.45) is 5.92 Å². The molecule has 0 aromatic heterocycles. The largest absolute Gasteiger partial charge is 0.454 e. The van der Waals surface area contributed by atoms with E-state index in [0.717, 1.165) is 30.6 Å². The van der Waals surface area contributed by atoms with Crippen LogP contribution in [-0.2, 0) is 15.1 Å². The molecule has 2 heterocycles. The van der Waals surface area contributed by atoms with Gasteiger partial charge in [0.05, 0.1) is 0 Å². The average Bonchev–Trinajstić information content (AvgIpc) is 3.26. The summed E-state index contributed by atoms with van der Waals surface area (Å²) in [5.74, 6) is 1.16. The van der Waals surface area contributed by atoms with Gasteiger partial charge >= 0.3 is 6.03 Å². The van der Waals surface area contributed by atoms with E-state index < -0.39 is 17.5 Å². The Labute approximate surface area is 170 Å². The number of fused-ring (bicyclic) bond motifs is 1. The summed E-state index contributed by atoms with van der Waals surface area (Å²) in [6.45, 7) is 3.74. The maximum atomic E-state index is 13.1. The minimum Gasteiger partial charge on any atom is -0.454 e. The second kappa shape index (κ2) is 7.24. The highest BCUT2D eigenvalue weighted by molar-refractivity contribution is 6.09. The van der Waals surface area contributed by atoms with E-state index in [4.69, 9.17) is 9.47 Å². The number of hydrogen-bond acceptors (Lipinski definition) is 5. The molecule has 2 aliphatic heterocycles. The van der Waals surface area contributed by atoms with Crippen molar-refractivity contribution in [3.05, 3.63) is 23.8 Å². The Kier molecular flexibility index (Phi) is 4.88. The molecular formula is C21H27N3O5. The molecular weight excluding hydrogens is 374 g/mol. The van der Waals surface area contributed by atoms with Crippen LogP contribution in [0.25, 0.3) is 0 Å². The van der Waals surface area contributed by atoms with Crippen LogP contribution in [0.15, 0.2) is 18.2 Å². The van der Waals surface area contributed by atoms with E-state index >= 15 is 0 Å². The zero-order chi connectivity index (χ0) is 20.8. The third-order valence-corrected chi connectivity index (χ3v) is 6.44. The van der Waals surface area contributed by atoms with E-state index in [-0.39, 0.29) is 25.3 Å². The van der Waals surface area contributed by atoms with E-state index in [2.05, 4.69) is 12.2 Å². The van der Waals surface area contributed by atoms with Crippen molar-refractivity contribution in [1.82, 2.24) is 15.1 Å². The summed E-state index contributed by atoms with van der Waals surface area (Å²) < 4.78 is 10.7. The summed E-state index contributed by atoms with van der Waals surface area (Å²) in [7, 11) is 1.76. The quantitative estimate of drug-likeness (QED) is 0.782. The van der Waals surface area contributed by atoms with Crippen LogP contribution in [0.2, 0.25) is 0 Å². The molecule has 156 valence electrons. The Morgan fingerprint density at radius 3 is 2.62 bits per heavy atom.